The molecule has 112 valence electrons. The average Bonchev–Trinajstić information content (AvgIpc) is 2.46. The number of pyridine rings is 1. The predicted octanol–water partition coefficient (Wildman–Crippen LogP) is 4.13. The van der Waals surface area contributed by atoms with Crippen LogP contribution in [0.5, 0.6) is 11.6 Å². The molecule has 0 spiro atoms. The summed E-state index contributed by atoms with van der Waals surface area (Å²) in [5.41, 5.74) is 2.87. The first-order valence-corrected chi connectivity index (χ1v) is 7.20. The number of benzene rings is 1. The minimum absolute atomic E-state index is 0.350. The summed E-state index contributed by atoms with van der Waals surface area (Å²) in [6, 6.07) is 7.47. The number of halogens is 1. The largest absolute Gasteiger partial charge is 0.438 e. The Hall–Kier alpha value is -1.94. The van der Waals surface area contributed by atoms with E-state index in [9.17, 15) is 4.39 Å². The molecule has 0 atom stereocenters. The number of rotatable bonds is 6. The zero-order valence-electron chi connectivity index (χ0n) is 12.7. The fraction of sp³-hybridized carbons (Fsp3) is 0.353. The first kappa shape index (κ1) is 15.4. The molecular weight excluding hydrogens is 267 g/mol. The second-order valence-corrected chi connectivity index (χ2v) is 5.17. The van der Waals surface area contributed by atoms with Crippen LogP contribution in [-0.4, -0.2) is 11.5 Å². The second kappa shape index (κ2) is 7.18. The van der Waals surface area contributed by atoms with Crippen LogP contribution in [-0.2, 0) is 6.54 Å². The Morgan fingerprint density at radius 1 is 1.24 bits per heavy atom. The summed E-state index contributed by atoms with van der Waals surface area (Å²) in [5.74, 6) is 0.858. The van der Waals surface area contributed by atoms with Gasteiger partial charge in [-0.1, -0.05) is 19.1 Å². The predicted molar refractivity (Wildman–Crippen MR) is 82.2 cm³/mol. The first-order valence-electron chi connectivity index (χ1n) is 7.20. The van der Waals surface area contributed by atoms with Gasteiger partial charge in [0.1, 0.15) is 11.6 Å². The molecule has 0 aliphatic rings. The molecule has 2 aromatic rings. The lowest BCUT2D eigenvalue weighted by Gasteiger charge is -2.13. The minimum Gasteiger partial charge on any atom is -0.438 e. The van der Waals surface area contributed by atoms with Crippen molar-refractivity contribution in [2.24, 2.45) is 0 Å². The maximum atomic E-state index is 13.4. The molecule has 1 N–H and O–H groups in total. The molecular formula is C17H21FN2O. The Kier molecular flexibility index (Phi) is 5.28. The van der Waals surface area contributed by atoms with E-state index in [1.54, 1.807) is 0 Å². The highest BCUT2D eigenvalue weighted by molar-refractivity contribution is 5.40. The summed E-state index contributed by atoms with van der Waals surface area (Å²) in [4.78, 5) is 4.09. The van der Waals surface area contributed by atoms with Crippen molar-refractivity contribution in [3.05, 3.63) is 53.0 Å². The maximum Gasteiger partial charge on any atom is 0.223 e. The summed E-state index contributed by atoms with van der Waals surface area (Å²) < 4.78 is 19.3. The number of hydrogen-bond acceptors (Lipinski definition) is 3. The number of hydrogen-bond donors (Lipinski definition) is 1. The van der Waals surface area contributed by atoms with Gasteiger partial charge in [-0.2, -0.15) is 0 Å². The lowest BCUT2D eigenvalue weighted by atomic mass is 10.1. The van der Waals surface area contributed by atoms with E-state index in [4.69, 9.17) is 4.74 Å². The van der Waals surface area contributed by atoms with Gasteiger partial charge < -0.3 is 10.1 Å². The quantitative estimate of drug-likeness (QED) is 0.812. The molecule has 2 rings (SSSR count). The van der Waals surface area contributed by atoms with Crippen molar-refractivity contribution >= 4 is 0 Å². The third-order valence-electron chi connectivity index (χ3n) is 3.18. The van der Waals surface area contributed by atoms with Crippen LogP contribution in [0.4, 0.5) is 4.39 Å². The molecule has 1 aromatic heterocycles. The molecule has 21 heavy (non-hydrogen) atoms. The van der Waals surface area contributed by atoms with Crippen LogP contribution in [0.1, 0.15) is 30.0 Å². The number of nitrogens with one attached hydrogen (secondary N) is 1. The van der Waals surface area contributed by atoms with Gasteiger partial charge in [0.05, 0.1) is 6.20 Å². The van der Waals surface area contributed by atoms with Gasteiger partial charge in [0, 0.05) is 12.1 Å². The van der Waals surface area contributed by atoms with Crippen LogP contribution in [0.3, 0.4) is 0 Å². The second-order valence-electron chi connectivity index (χ2n) is 5.17. The SMILES string of the molecule is CCCNCc1cc(F)cnc1Oc1cc(C)ccc1C. The van der Waals surface area contributed by atoms with Crippen molar-refractivity contribution in [2.45, 2.75) is 33.7 Å². The van der Waals surface area contributed by atoms with Crippen LogP contribution in [0.2, 0.25) is 0 Å². The number of aromatic nitrogens is 1. The van der Waals surface area contributed by atoms with Crippen LogP contribution in [0, 0.1) is 19.7 Å². The van der Waals surface area contributed by atoms with Crippen molar-refractivity contribution in [3.63, 3.8) is 0 Å². The first-order chi connectivity index (χ1) is 10.1. The summed E-state index contributed by atoms with van der Waals surface area (Å²) in [6.45, 7) is 7.49. The molecule has 0 amide bonds. The van der Waals surface area contributed by atoms with Crippen molar-refractivity contribution < 1.29 is 9.13 Å². The molecule has 0 aliphatic heterocycles. The van der Waals surface area contributed by atoms with E-state index >= 15 is 0 Å². The summed E-state index contributed by atoms with van der Waals surface area (Å²) in [7, 11) is 0. The van der Waals surface area contributed by atoms with E-state index in [1.807, 2.05) is 32.0 Å². The Morgan fingerprint density at radius 2 is 2.05 bits per heavy atom. The van der Waals surface area contributed by atoms with Crippen molar-refractivity contribution in [1.29, 1.82) is 0 Å². The number of ether oxygens (including phenoxy) is 1. The molecule has 0 fully saturated rings. The van der Waals surface area contributed by atoms with Crippen molar-refractivity contribution in [3.8, 4) is 11.6 Å². The average molecular weight is 288 g/mol. The molecule has 0 saturated carbocycles. The van der Waals surface area contributed by atoms with Gasteiger partial charge in [0.2, 0.25) is 5.88 Å². The van der Waals surface area contributed by atoms with Crippen LogP contribution in [0.25, 0.3) is 0 Å². The van der Waals surface area contributed by atoms with Gasteiger partial charge >= 0.3 is 0 Å². The van der Waals surface area contributed by atoms with Crippen LogP contribution >= 0.6 is 0 Å². The van der Waals surface area contributed by atoms with E-state index in [1.165, 1.54) is 12.3 Å². The summed E-state index contributed by atoms with van der Waals surface area (Å²) in [6.07, 6.45) is 2.21. The van der Waals surface area contributed by atoms with E-state index in [2.05, 4.69) is 17.2 Å². The minimum atomic E-state index is -0.350. The molecule has 1 heterocycles. The van der Waals surface area contributed by atoms with Gasteiger partial charge in [0.25, 0.3) is 0 Å². The smallest absolute Gasteiger partial charge is 0.223 e. The zero-order chi connectivity index (χ0) is 15.2. The van der Waals surface area contributed by atoms with Gasteiger partial charge in [0.15, 0.2) is 0 Å². The van der Waals surface area contributed by atoms with Crippen LogP contribution in [0.15, 0.2) is 30.5 Å². The molecule has 1 aromatic carbocycles. The van der Waals surface area contributed by atoms with Gasteiger partial charge in [-0.25, -0.2) is 9.37 Å². The zero-order valence-corrected chi connectivity index (χ0v) is 12.7. The van der Waals surface area contributed by atoms with E-state index in [0.29, 0.717) is 12.4 Å². The molecule has 0 bridgehead atoms. The fourth-order valence-electron chi connectivity index (χ4n) is 2.01. The summed E-state index contributed by atoms with van der Waals surface area (Å²) >= 11 is 0. The molecule has 0 unspecified atom stereocenters. The van der Waals surface area contributed by atoms with E-state index < -0.39 is 0 Å². The third kappa shape index (κ3) is 4.26. The monoisotopic (exact) mass is 288 g/mol. The molecule has 0 radical (unpaired) electrons. The van der Waals surface area contributed by atoms with Gasteiger partial charge in [-0.15, -0.1) is 0 Å². The van der Waals surface area contributed by atoms with Crippen molar-refractivity contribution in [1.82, 2.24) is 10.3 Å². The number of aryl methyl sites for hydroxylation is 2. The molecule has 0 saturated heterocycles. The molecule has 4 heteroatoms. The highest BCUT2D eigenvalue weighted by Gasteiger charge is 2.10. The van der Waals surface area contributed by atoms with Crippen LogP contribution < -0.4 is 10.1 Å². The summed E-state index contributed by atoms with van der Waals surface area (Å²) in [5, 5.41) is 3.24. The lowest BCUT2D eigenvalue weighted by molar-refractivity contribution is 0.445. The Labute approximate surface area is 125 Å². The fourth-order valence-corrected chi connectivity index (χ4v) is 2.01. The Balaban J connectivity index is 2.24. The Morgan fingerprint density at radius 3 is 2.81 bits per heavy atom. The highest BCUT2D eigenvalue weighted by Crippen LogP contribution is 2.27. The lowest BCUT2D eigenvalue weighted by Crippen LogP contribution is -2.15. The maximum absolute atomic E-state index is 13.4. The van der Waals surface area contributed by atoms with Gasteiger partial charge in [-0.05, 0) is 50.1 Å². The van der Waals surface area contributed by atoms with E-state index in [0.717, 1.165) is 35.4 Å². The molecule has 0 aliphatic carbocycles. The topological polar surface area (TPSA) is 34.2 Å². The third-order valence-corrected chi connectivity index (χ3v) is 3.18. The molecule has 3 nitrogen and oxygen atoms in total. The Bertz CT molecular complexity index is 614. The van der Waals surface area contributed by atoms with Crippen molar-refractivity contribution in [2.75, 3.05) is 6.54 Å². The number of nitrogens with zero attached hydrogens (tertiary/aromatic N) is 1. The van der Waals surface area contributed by atoms with E-state index in [-0.39, 0.29) is 5.82 Å². The highest BCUT2D eigenvalue weighted by atomic mass is 19.1. The van der Waals surface area contributed by atoms with Gasteiger partial charge in [-0.3, -0.25) is 0 Å². The standard InChI is InChI=1S/C17H21FN2O/c1-4-7-19-10-14-9-15(18)11-20-17(14)21-16-8-12(2)5-6-13(16)3/h5-6,8-9,11,19H,4,7,10H2,1-3H3. The normalized spacial score (nSPS) is 10.7.